The number of nitrogens with one attached hydrogen (secondary N) is 1. The molecule has 0 saturated heterocycles. The smallest absolute Gasteiger partial charge is 0.154 e. The highest BCUT2D eigenvalue weighted by Crippen LogP contribution is 2.30. The number of hydrogen-bond acceptors (Lipinski definition) is 3. The highest BCUT2D eigenvalue weighted by molar-refractivity contribution is 7.92. The monoisotopic (exact) mass is 287 g/mol. The Morgan fingerprint density at radius 1 is 0.947 bits per heavy atom. The number of hydrogen-bond donors (Lipinski definition) is 1. The average Bonchev–Trinajstić information content (AvgIpc) is 2.73. The summed E-state index contributed by atoms with van der Waals surface area (Å²) in [5.74, 6) is 0.884. The number of sulfone groups is 1. The van der Waals surface area contributed by atoms with Crippen molar-refractivity contribution in [2.24, 2.45) is 5.92 Å². The summed E-state index contributed by atoms with van der Waals surface area (Å²) in [6, 6.07) is 0.193. The van der Waals surface area contributed by atoms with Gasteiger partial charge in [-0.1, -0.05) is 39.0 Å². The molecule has 2 aliphatic carbocycles. The second kappa shape index (κ2) is 7.07. The molecule has 0 spiro atoms. The van der Waals surface area contributed by atoms with Crippen molar-refractivity contribution in [1.82, 2.24) is 5.32 Å². The maximum Gasteiger partial charge on any atom is 0.154 e. The fraction of sp³-hybridized carbons (Fsp3) is 1.00. The molecule has 112 valence electrons. The van der Waals surface area contributed by atoms with Gasteiger partial charge in [-0.15, -0.1) is 0 Å². The van der Waals surface area contributed by atoms with E-state index >= 15 is 0 Å². The molecule has 1 N–H and O–H groups in total. The van der Waals surface area contributed by atoms with E-state index < -0.39 is 9.84 Å². The van der Waals surface area contributed by atoms with E-state index in [9.17, 15) is 8.42 Å². The van der Waals surface area contributed by atoms with Crippen molar-refractivity contribution in [1.29, 1.82) is 0 Å². The zero-order valence-electron chi connectivity index (χ0n) is 12.2. The Labute approximate surface area is 118 Å². The largest absolute Gasteiger partial charge is 0.313 e. The van der Waals surface area contributed by atoms with Crippen LogP contribution < -0.4 is 5.32 Å². The van der Waals surface area contributed by atoms with E-state index in [1.54, 1.807) is 0 Å². The van der Waals surface area contributed by atoms with Crippen LogP contribution in [0.1, 0.15) is 64.7 Å². The highest BCUT2D eigenvalue weighted by atomic mass is 32.2. The zero-order chi connectivity index (χ0) is 13.7. The second-order valence-corrected chi connectivity index (χ2v) is 8.59. The lowest BCUT2D eigenvalue weighted by molar-refractivity contribution is 0.455. The molecule has 0 bridgehead atoms. The van der Waals surface area contributed by atoms with Crippen LogP contribution in [0.5, 0.6) is 0 Å². The molecule has 0 aromatic heterocycles. The van der Waals surface area contributed by atoms with Crippen LogP contribution in [0.25, 0.3) is 0 Å². The van der Waals surface area contributed by atoms with Crippen molar-refractivity contribution in [3.63, 3.8) is 0 Å². The standard InChI is InChI=1S/C15H29NO2S/c1-2-16-14-10-4-3-5-11-15(14)19(17,18)12-13-8-6-7-9-13/h13-16H,2-12H2,1H3. The van der Waals surface area contributed by atoms with Gasteiger partial charge in [0.05, 0.1) is 11.0 Å². The molecule has 0 aromatic rings. The van der Waals surface area contributed by atoms with E-state index in [-0.39, 0.29) is 11.3 Å². The Bertz CT molecular complexity index is 360. The average molecular weight is 287 g/mol. The van der Waals surface area contributed by atoms with Gasteiger partial charge < -0.3 is 5.32 Å². The molecular weight excluding hydrogens is 258 g/mol. The third kappa shape index (κ3) is 4.19. The van der Waals surface area contributed by atoms with E-state index in [1.165, 1.54) is 25.7 Å². The molecular formula is C15H29NO2S. The molecule has 0 heterocycles. The molecule has 2 aliphatic rings. The van der Waals surface area contributed by atoms with Crippen molar-refractivity contribution in [2.45, 2.75) is 76.0 Å². The Hall–Kier alpha value is -0.0900. The fourth-order valence-electron chi connectivity index (χ4n) is 3.83. The van der Waals surface area contributed by atoms with Crippen LogP contribution in [0.2, 0.25) is 0 Å². The lowest BCUT2D eigenvalue weighted by Gasteiger charge is -2.27. The van der Waals surface area contributed by atoms with Gasteiger partial charge >= 0.3 is 0 Å². The minimum atomic E-state index is -2.92. The quantitative estimate of drug-likeness (QED) is 0.791. The SMILES string of the molecule is CCNC1CCCCCC1S(=O)(=O)CC1CCCC1. The first-order valence-electron chi connectivity index (χ1n) is 8.08. The van der Waals surface area contributed by atoms with Crippen LogP contribution in [0.15, 0.2) is 0 Å². The molecule has 0 aromatic carbocycles. The van der Waals surface area contributed by atoms with Gasteiger partial charge in [0.25, 0.3) is 0 Å². The van der Waals surface area contributed by atoms with Gasteiger partial charge in [0.2, 0.25) is 0 Å². The van der Waals surface area contributed by atoms with Crippen LogP contribution in [0.4, 0.5) is 0 Å². The van der Waals surface area contributed by atoms with Gasteiger partial charge in [-0.3, -0.25) is 0 Å². The van der Waals surface area contributed by atoms with Crippen molar-refractivity contribution in [3.05, 3.63) is 0 Å². The first kappa shape index (κ1) is 15.3. The summed E-state index contributed by atoms with van der Waals surface area (Å²) in [4.78, 5) is 0. The summed E-state index contributed by atoms with van der Waals surface area (Å²) in [7, 11) is -2.92. The van der Waals surface area contributed by atoms with Gasteiger partial charge in [0.15, 0.2) is 9.84 Å². The topological polar surface area (TPSA) is 46.2 Å². The minimum absolute atomic E-state index is 0.129. The van der Waals surface area contributed by atoms with E-state index in [0.29, 0.717) is 11.7 Å². The maximum absolute atomic E-state index is 12.7. The Morgan fingerprint density at radius 3 is 2.26 bits per heavy atom. The minimum Gasteiger partial charge on any atom is -0.313 e. The molecule has 19 heavy (non-hydrogen) atoms. The Morgan fingerprint density at radius 2 is 1.58 bits per heavy atom. The molecule has 0 radical (unpaired) electrons. The van der Waals surface area contributed by atoms with Crippen molar-refractivity contribution < 1.29 is 8.42 Å². The van der Waals surface area contributed by atoms with E-state index in [4.69, 9.17) is 0 Å². The molecule has 2 atom stereocenters. The van der Waals surface area contributed by atoms with Gasteiger partial charge in [-0.2, -0.15) is 0 Å². The molecule has 2 saturated carbocycles. The third-order valence-electron chi connectivity index (χ3n) is 4.82. The van der Waals surface area contributed by atoms with Crippen LogP contribution in [0.3, 0.4) is 0 Å². The van der Waals surface area contributed by atoms with Crippen LogP contribution in [-0.4, -0.2) is 32.0 Å². The Balaban J connectivity index is 2.05. The lowest BCUT2D eigenvalue weighted by Crippen LogP contribution is -2.45. The molecule has 0 amide bonds. The lowest BCUT2D eigenvalue weighted by atomic mass is 10.1. The van der Waals surface area contributed by atoms with Crippen molar-refractivity contribution in [2.75, 3.05) is 12.3 Å². The van der Waals surface area contributed by atoms with E-state index in [2.05, 4.69) is 12.2 Å². The summed E-state index contributed by atoms with van der Waals surface area (Å²) in [6.07, 6.45) is 10.0. The van der Waals surface area contributed by atoms with Crippen molar-refractivity contribution >= 4 is 9.84 Å². The normalized spacial score (nSPS) is 30.4. The molecule has 2 unspecified atom stereocenters. The van der Waals surface area contributed by atoms with Crippen molar-refractivity contribution in [3.8, 4) is 0 Å². The molecule has 2 fully saturated rings. The zero-order valence-corrected chi connectivity index (χ0v) is 13.1. The van der Waals surface area contributed by atoms with Gasteiger partial charge in [-0.05, 0) is 38.1 Å². The molecule has 4 heteroatoms. The summed E-state index contributed by atoms with van der Waals surface area (Å²) < 4.78 is 25.5. The summed E-state index contributed by atoms with van der Waals surface area (Å²) in [6.45, 7) is 2.95. The highest BCUT2D eigenvalue weighted by Gasteiger charge is 2.35. The number of rotatable bonds is 5. The van der Waals surface area contributed by atoms with Gasteiger partial charge in [0, 0.05) is 6.04 Å². The van der Waals surface area contributed by atoms with Crippen LogP contribution >= 0.6 is 0 Å². The summed E-state index contributed by atoms with van der Waals surface area (Å²) >= 11 is 0. The third-order valence-corrected chi connectivity index (χ3v) is 7.25. The molecule has 2 rings (SSSR count). The van der Waals surface area contributed by atoms with Crippen LogP contribution in [0, 0.1) is 5.92 Å². The van der Waals surface area contributed by atoms with E-state index in [1.807, 2.05) is 0 Å². The predicted molar refractivity (Wildman–Crippen MR) is 80.1 cm³/mol. The van der Waals surface area contributed by atoms with E-state index in [0.717, 1.165) is 38.6 Å². The van der Waals surface area contributed by atoms with Gasteiger partial charge in [-0.25, -0.2) is 8.42 Å². The summed E-state index contributed by atoms with van der Waals surface area (Å²) in [5.41, 5.74) is 0. The fourth-order valence-corrected chi connectivity index (χ4v) is 6.32. The predicted octanol–water partition coefficient (Wildman–Crippen LogP) is 2.90. The Kier molecular flexibility index (Phi) is 5.70. The molecule has 0 aliphatic heterocycles. The summed E-state index contributed by atoms with van der Waals surface area (Å²) in [5, 5.41) is 3.30. The first-order valence-corrected chi connectivity index (χ1v) is 9.80. The van der Waals surface area contributed by atoms with Crippen LogP contribution in [-0.2, 0) is 9.84 Å². The van der Waals surface area contributed by atoms with Gasteiger partial charge in [0.1, 0.15) is 0 Å². The maximum atomic E-state index is 12.7. The first-order chi connectivity index (χ1) is 9.13. The molecule has 3 nitrogen and oxygen atoms in total. The second-order valence-electron chi connectivity index (χ2n) is 6.32.